The number of alkyl halides is 3. The number of halogens is 4. The van der Waals surface area contributed by atoms with E-state index in [-0.39, 0.29) is 34.1 Å². The van der Waals surface area contributed by atoms with E-state index >= 15 is 0 Å². The Morgan fingerprint density at radius 1 is 0.795 bits per heavy atom. The van der Waals surface area contributed by atoms with Crippen LogP contribution >= 0.6 is 0 Å². The first-order valence-corrected chi connectivity index (χ1v) is 15.6. The summed E-state index contributed by atoms with van der Waals surface area (Å²) in [6.07, 6.45) is -4.64. The van der Waals surface area contributed by atoms with Crippen molar-refractivity contribution in [3.8, 4) is 0 Å². The summed E-state index contributed by atoms with van der Waals surface area (Å²) in [6, 6.07) is 20.1. The average molecular weight is 651 g/mol. The molecule has 0 saturated heterocycles. The molecule has 0 atom stereocenters. The van der Waals surface area contributed by atoms with Gasteiger partial charge in [-0.1, -0.05) is 30.3 Å². The summed E-state index contributed by atoms with van der Waals surface area (Å²) in [4.78, 5) is 12.6. The van der Waals surface area contributed by atoms with Gasteiger partial charge < -0.3 is 5.32 Å². The van der Waals surface area contributed by atoms with Crippen molar-refractivity contribution < 1.29 is 39.2 Å². The molecule has 44 heavy (non-hydrogen) atoms. The highest BCUT2D eigenvalue weighted by Gasteiger charge is 2.31. The van der Waals surface area contributed by atoms with Gasteiger partial charge >= 0.3 is 16.4 Å². The number of carbonyl (C=O) groups is 1. The minimum absolute atomic E-state index is 0.140. The Balaban J connectivity index is 1.45. The predicted octanol–water partition coefficient (Wildman–Crippen LogP) is 5.71. The fourth-order valence-corrected chi connectivity index (χ4v) is 6.12. The topological polar surface area (TPSA) is 116 Å². The largest absolute Gasteiger partial charge is 0.416 e. The molecule has 0 heterocycles. The highest BCUT2D eigenvalue weighted by Crippen LogP contribution is 2.31. The first-order chi connectivity index (χ1) is 20.6. The number of anilines is 3. The van der Waals surface area contributed by atoms with Crippen molar-refractivity contribution in [1.29, 1.82) is 0 Å². The second-order valence-corrected chi connectivity index (χ2v) is 13.4. The van der Waals surface area contributed by atoms with Crippen molar-refractivity contribution in [3.63, 3.8) is 0 Å². The summed E-state index contributed by atoms with van der Waals surface area (Å²) in [5, 5.41) is 2.60. The first-order valence-electron chi connectivity index (χ1n) is 12.7. The SMILES string of the molecule is CN(C)S(=O)(=O)N(Cc1ccc(C(=O)Nc2ccc(S(=O)(=O)Nc3cccc(C(F)(F)F)c3)cc2)cc1)c1ccccc1F. The van der Waals surface area contributed by atoms with E-state index in [2.05, 4.69) is 10.0 Å². The molecule has 4 aromatic carbocycles. The normalized spacial score (nSPS) is 12.2. The van der Waals surface area contributed by atoms with Gasteiger partial charge in [0.2, 0.25) is 0 Å². The van der Waals surface area contributed by atoms with E-state index in [1.54, 1.807) is 0 Å². The van der Waals surface area contributed by atoms with E-state index in [1.165, 1.54) is 86.9 Å². The molecular weight excluding hydrogens is 624 g/mol. The highest BCUT2D eigenvalue weighted by atomic mass is 32.2. The lowest BCUT2D eigenvalue weighted by Crippen LogP contribution is -2.40. The van der Waals surface area contributed by atoms with Gasteiger partial charge in [0.25, 0.3) is 15.9 Å². The van der Waals surface area contributed by atoms with Gasteiger partial charge in [0.15, 0.2) is 0 Å². The molecule has 4 rings (SSSR count). The van der Waals surface area contributed by atoms with Gasteiger partial charge in [-0.05, 0) is 72.3 Å². The third-order valence-corrected chi connectivity index (χ3v) is 9.47. The van der Waals surface area contributed by atoms with Crippen LogP contribution in [0.3, 0.4) is 0 Å². The third-order valence-electron chi connectivity index (χ3n) is 6.27. The molecule has 0 aromatic heterocycles. The molecule has 15 heteroatoms. The van der Waals surface area contributed by atoms with Crippen LogP contribution in [0.15, 0.2) is 102 Å². The number of rotatable bonds is 10. The maximum atomic E-state index is 14.5. The van der Waals surface area contributed by atoms with E-state index < -0.39 is 43.7 Å². The first kappa shape index (κ1) is 32.4. The molecule has 0 aliphatic heterocycles. The van der Waals surface area contributed by atoms with Crippen molar-refractivity contribution >= 4 is 43.2 Å². The van der Waals surface area contributed by atoms with Gasteiger partial charge in [-0.2, -0.15) is 25.9 Å². The number of para-hydroxylation sites is 1. The van der Waals surface area contributed by atoms with Crippen LogP contribution in [0, 0.1) is 5.82 Å². The van der Waals surface area contributed by atoms with E-state index in [0.29, 0.717) is 11.6 Å². The second kappa shape index (κ2) is 12.6. The molecular formula is C29H26F4N4O5S2. The van der Waals surface area contributed by atoms with Crippen LogP contribution in [-0.4, -0.2) is 41.1 Å². The smallest absolute Gasteiger partial charge is 0.322 e. The molecule has 1 amide bonds. The van der Waals surface area contributed by atoms with Crippen LogP contribution < -0.4 is 14.3 Å². The van der Waals surface area contributed by atoms with Crippen molar-refractivity contribution in [3.05, 3.63) is 120 Å². The van der Waals surface area contributed by atoms with E-state index in [4.69, 9.17) is 0 Å². The number of nitrogens with zero attached hydrogens (tertiary/aromatic N) is 2. The molecule has 4 aromatic rings. The Bertz CT molecular complexity index is 1870. The lowest BCUT2D eigenvalue weighted by molar-refractivity contribution is -0.137. The minimum atomic E-state index is -4.64. The molecule has 0 aliphatic carbocycles. The summed E-state index contributed by atoms with van der Waals surface area (Å²) in [5.41, 5.74) is -0.511. The summed E-state index contributed by atoms with van der Waals surface area (Å²) in [6.45, 7) is -0.214. The number of carbonyl (C=O) groups excluding carboxylic acids is 1. The van der Waals surface area contributed by atoms with Gasteiger partial charge in [0.1, 0.15) is 5.82 Å². The molecule has 232 valence electrons. The number of nitrogens with one attached hydrogen (secondary N) is 2. The summed E-state index contributed by atoms with van der Waals surface area (Å²) in [5.74, 6) is -1.28. The van der Waals surface area contributed by atoms with Crippen LogP contribution in [0.5, 0.6) is 0 Å². The van der Waals surface area contributed by atoms with Crippen molar-refractivity contribution in [1.82, 2.24) is 4.31 Å². The Labute approximate surface area is 252 Å². The van der Waals surface area contributed by atoms with Crippen molar-refractivity contribution in [2.24, 2.45) is 0 Å². The van der Waals surface area contributed by atoms with Gasteiger partial charge in [-0.15, -0.1) is 0 Å². The Morgan fingerprint density at radius 2 is 1.43 bits per heavy atom. The van der Waals surface area contributed by atoms with Gasteiger partial charge in [-0.3, -0.25) is 13.8 Å². The van der Waals surface area contributed by atoms with Crippen molar-refractivity contribution in [2.45, 2.75) is 17.6 Å². The average Bonchev–Trinajstić information content (AvgIpc) is 2.96. The van der Waals surface area contributed by atoms with E-state index in [0.717, 1.165) is 26.8 Å². The fourth-order valence-electron chi connectivity index (χ4n) is 3.96. The van der Waals surface area contributed by atoms with Crippen LogP contribution in [0.1, 0.15) is 21.5 Å². The van der Waals surface area contributed by atoms with Crippen LogP contribution in [-0.2, 0) is 33.0 Å². The molecule has 0 saturated carbocycles. The van der Waals surface area contributed by atoms with Crippen molar-refractivity contribution in [2.75, 3.05) is 28.4 Å². The molecule has 9 nitrogen and oxygen atoms in total. The molecule has 2 N–H and O–H groups in total. The maximum absolute atomic E-state index is 14.5. The Kier molecular flexibility index (Phi) is 9.32. The van der Waals surface area contributed by atoms with E-state index in [1.807, 2.05) is 0 Å². The summed E-state index contributed by atoms with van der Waals surface area (Å²) < 4.78 is 109. The van der Waals surface area contributed by atoms with Gasteiger partial charge in [0, 0.05) is 31.0 Å². The standard InChI is InChI=1S/C29H26F4N4O5S2/c1-36(2)44(41,42)37(27-9-4-3-8-26(27)30)19-20-10-12-21(13-11-20)28(38)34-23-14-16-25(17-15-23)43(39,40)35-24-7-5-6-22(18-24)29(31,32)33/h3-18,35H,19H2,1-2H3,(H,34,38). The minimum Gasteiger partial charge on any atom is -0.322 e. The second-order valence-electron chi connectivity index (χ2n) is 9.61. The molecule has 0 bridgehead atoms. The molecule has 0 aliphatic rings. The zero-order valence-corrected chi connectivity index (χ0v) is 24.8. The zero-order chi connectivity index (χ0) is 32.3. The number of hydrogen-bond acceptors (Lipinski definition) is 5. The number of benzene rings is 4. The fraction of sp³-hybridized carbons (Fsp3) is 0.138. The molecule has 0 fully saturated rings. The number of hydrogen-bond donors (Lipinski definition) is 2. The number of sulfonamides is 1. The maximum Gasteiger partial charge on any atom is 0.416 e. The quantitative estimate of drug-likeness (QED) is 0.214. The lowest BCUT2D eigenvalue weighted by Gasteiger charge is -2.27. The predicted molar refractivity (Wildman–Crippen MR) is 158 cm³/mol. The number of amides is 1. The third kappa shape index (κ3) is 7.53. The van der Waals surface area contributed by atoms with Crippen LogP contribution in [0.2, 0.25) is 0 Å². The molecule has 0 radical (unpaired) electrons. The lowest BCUT2D eigenvalue weighted by atomic mass is 10.1. The summed E-state index contributed by atoms with van der Waals surface area (Å²) in [7, 11) is -5.65. The Morgan fingerprint density at radius 3 is 2.02 bits per heavy atom. The zero-order valence-electron chi connectivity index (χ0n) is 23.2. The molecule has 0 unspecified atom stereocenters. The van der Waals surface area contributed by atoms with Crippen LogP contribution in [0.25, 0.3) is 0 Å². The van der Waals surface area contributed by atoms with Crippen LogP contribution in [0.4, 0.5) is 34.6 Å². The van der Waals surface area contributed by atoms with Gasteiger partial charge in [-0.25, -0.2) is 12.8 Å². The Hall–Kier alpha value is -4.47. The summed E-state index contributed by atoms with van der Waals surface area (Å²) >= 11 is 0. The highest BCUT2D eigenvalue weighted by molar-refractivity contribution is 7.92. The van der Waals surface area contributed by atoms with Gasteiger partial charge in [0.05, 0.1) is 22.7 Å². The van der Waals surface area contributed by atoms with E-state index in [9.17, 15) is 39.2 Å². The molecule has 0 spiro atoms. The monoisotopic (exact) mass is 650 g/mol.